The lowest BCUT2D eigenvalue weighted by Crippen LogP contribution is -2.51. The topological polar surface area (TPSA) is 55.4 Å². The number of hydrogen-bond acceptors (Lipinski definition) is 3. The van der Waals surface area contributed by atoms with Crippen molar-refractivity contribution in [2.24, 2.45) is 0 Å². The highest BCUT2D eigenvalue weighted by atomic mass is 32.2. The minimum absolute atomic E-state index is 0.0606. The van der Waals surface area contributed by atoms with Crippen LogP contribution in [0.5, 0.6) is 5.75 Å². The van der Waals surface area contributed by atoms with Gasteiger partial charge in [-0.1, -0.05) is 42.5 Å². The first-order chi connectivity index (χ1) is 11.6. The van der Waals surface area contributed by atoms with Gasteiger partial charge in [-0.05, 0) is 37.0 Å². The molecule has 0 spiro atoms. The molecule has 1 atom stereocenters. The van der Waals surface area contributed by atoms with Crippen LogP contribution in [0.4, 0.5) is 0 Å². The molecule has 1 amide bonds. The summed E-state index contributed by atoms with van der Waals surface area (Å²) in [6.45, 7) is 0. The van der Waals surface area contributed by atoms with E-state index in [-0.39, 0.29) is 17.2 Å². The zero-order chi connectivity index (χ0) is 17.0. The first-order valence-corrected chi connectivity index (χ1v) is 9.34. The van der Waals surface area contributed by atoms with Crippen molar-refractivity contribution in [1.82, 2.24) is 5.32 Å². The minimum Gasteiger partial charge on any atom is -0.495 e. The number of nitrogens with one attached hydrogen (secondary N) is 1. The van der Waals surface area contributed by atoms with E-state index in [1.54, 1.807) is 18.2 Å². The highest BCUT2D eigenvalue weighted by molar-refractivity contribution is 7.85. The molecule has 4 nitrogen and oxygen atoms in total. The van der Waals surface area contributed by atoms with Crippen molar-refractivity contribution >= 4 is 16.7 Å². The standard InChI is InChI=1S/C19H21NO3S/c1-23-16-10-5-6-11-17(16)24(22)14-18(21)20-19(12-7-13-19)15-8-3-2-4-9-15/h2-6,8-11H,7,12-14H2,1H3,(H,20,21). The second kappa shape index (κ2) is 7.18. The van der Waals surface area contributed by atoms with Gasteiger partial charge in [-0.2, -0.15) is 0 Å². The number of para-hydroxylation sites is 1. The van der Waals surface area contributed by atoms with Crippen molar-refractivity contribution in [1.29, 1.82) is 0 Å². The number of carbonyl (C=O) groups excluding carboxylic acids is 1. The number of rotatable bonds is 6. The fraction of sp³-hybridized carbons (Fsp3) is 0.316. The Bertz CT molecular complexity index is 741. The molecule has 0 aliphatic heterocycles. The van der Waals surface area contributed by atoms with Gasteiger partial charge in [-0.3, -0.25) is 9.00 Å². The smallest absolute Gasteiger partial charge is 0.233 e. The van der Waals surface area contributed by atoms with Crippen molar-refractivity contribution < 1.29 is 13.7 Å². The second-order valence-corrected chi connectivity index (χ2v) is 7.41. The molecule has 1 saturated carbocycles. The Morgan fingerprint density at radius 2 is 1.79 bits per heavy atom. The summed E-state index contributed by atoms with van der Waals surface area (Å²) in [6, 6.07) is 17.1. The number of amides is 1. The molecule has 24 heavy (non-hydrogen) atoms. The van der Waals surface area contributed by atoms with E-state index in [0.29, 0.717) is 10.6 Å². The molecule has 0 saturated heterocycles. The maximum absolute atomic E-state index is 12.5. The molecule has 1 fully saturated rings. The van der Waals surface area contributed by atoms with Gasteiger partial charge in [0.25, 0.3) is 0 Å². The first-order valence-electron chi connectivity index (χ1n) is 8.02. The summed E-state index contributed by atoms with van der Waals surface area (Å²) < 4.78 is 17.8. The SMILES string of the molecule is COc1ccccc1S(=O)CC(=O)NC1(c2ccccc2)CCC1. The molecule has 0 heterocycles. The maximum Gasteiger partial charge on any atom is 0.233 e. The van der Waals surface area contributed by atoms with Crippen molar-refractivity contribution in [2.45, 2.75) is 29.7 Å². The number of ether oxygens (including phenoxy) is 1. The second-order valence-electron chi connectivity index (χ2n) is 5.99. The summed E-state index contributed by atoms with van der Waals surface area (Å²) in [5.41, 5.74) is 0.816. The van der Waals surface area contributed by atoms with Crippen LogP contribution in [0.1, 0.15) is 24.8 Å². The summed E-state index contributed by atoms with van der Waals surface area (Å²) in [5, 5.41) is 3.11. The Morgan fingerprint density at radius 1 is 1.12 bits per heavy atom. The third-order valence-corrected chi connectivity index (χ3v) is 5.84. The zero-order valence-corrected chi connectivity index (χ0v) is 14.5. The largest absolute Gasteiger partial charge is 0.495 e. The molecule has 0 radical (unpaired) electrons. The highest BCUT2D eigenvalue weighted by Gasteiger charge is 2.40. The van der Waals surface area contributed by atoms with Crippen molar-refractivity contribution in [3.05, 3.63) is 60.2 Å². The van der Waals surface area contributed by atoms with Gasteiger partial charge in [0.05, 0.1) is 28.3 Å². The molecule has 126 valence electrons. The van der Waals surface area contributed by atoms with Gasteiger partial charge in [-0.15, -0.1) is 0 Å². The van der Waals surface area contributed by atoms with E-state index >= 15 is 0 Å². The third kappa shape index (κ3) is 3.36. The van der Waals surface area contributed by atoms with Gasteiger partial charge in [0, 0.05) is 0 Å². The molecule has 2 aromatic carbocycles. The van der Waals surface area contributed by atoms with Crippen LogP contribution in [-0.2, 0) is 21.1 Å². The van der Waals surface area contributed by atoms with E-state index in [2.05, 4.69) is 5.32 Å². The lowest BCUT2D eigenvalue weighted by Gasteiger charge is -2.43. The van der Waals surface area contributed by atoms with Crippen LogP contribution in [0.2, 0.25) is 0 Å². The molecule has 1 aliphatic rings. The van der Waals surface area contributed by atoms with Crippen LogP contribution in [0, 0.1) is 0 Å². The van der Waals surface area contributed by atoms with E-state index in [4.69, 9.17) is 4.74 Å². The summed E-state index contributed by atoms with van der Waals surface area (Å²) >= 11 is 0. The first kappa shape index (κ1) is 16.7. The molecule has 1 N–H and O–H groups in total. The zero-order valence-electron chi connectivity index (χ0n) is 13.7. The molecule has 0 aromatic heterocycles. The lowest BCUT2D eigenvalue weighted by atomic mass is 9.72. The molecular weight excluding hydrogens is 322 g/mol. The quantitative estimate of drug-likeness (QED) is 0.877. The Labute approximate surface area is 144 Å². The maximum atomic E-state index is 12.5. The van der Waals surface area contributed by atoms with Crippen LogP contribution in [0.15, 0.2) is 59.5 Å². The van der Waals surface area contributed by atoms with Gasteiger partial charge < -0.3 is 10.1 Å². The Hall–Kier alpha value is -2.14. The monoisotopic (exact) mass is 343 g/mol. The molecular formula is C19H21NO3S. The van der Waals surface area contributed by atoms with Crippen molar-refractivity contribution in [3.8, 4) is 5.75 Å². The molecule has 0 bridgehead atoms. The Kier molecular flexibility index (Phi) is 5.00. The molecule has 1 unspecified atom stereocenters. The van der Waals surface area contributed by atoms with Crippen LogP contribution >= 0.6 is 0 Å². The number of methoxy groups -OCH3 is 1. The highest BCUT2D eigenvalue weighted by Crippen LogP contribution is 2.41. The summed E-state index contributed by atoms with van der Waals surface area (Å²) in [7, 11) is 0.106. The predicted molar refractivity (Wildman–Crippen MR) is 94.4 cm³/mol. The van der Waals surface area contributed by atoms with Crippen LogP contribution < -0.4 is 10.1 Å². The Morgan fingerprint density at radius 3 is 2.42 bits per heavy atom. The third-order valence-electron chi connectivity index (χ3n) is 4.49. The average Bonchev–Trinajstić information content (AvgIpc) is 2.58. The van der Waals surface area contributed by atoms with Crippen molar-refractivity contribution in [3.63, 3.8) is 0 Å². The van der Waals surface area contributed by atoms with Crippen LogP contribution in [0.3, 0.4) is 0 Å². The predicted octanol–water partition coefficient (Wildman–Crippen LogP) is 3.00. The Balaban J connectivity index is 1.70. The molecule has 5 heteroatoms. The minimum atomic E-state index is -1.43. The van der Waals surface area contributed by atoms with E-state index in [1.165, 1.54) is 7.11 Å². The van der Waals surface area contributed by atoms with Crippen LogP contribution in [0.25, 0.3) is 0 Å². The molecule has 1 aliphatic carbocycles. The van der Waals surface area contributed by atoms with Gasteiger partial charge in [0.15, 0.2) is 0 Å². The number of hydrogen-bond donors (Lipinski definition) is 1. The van der Waals surface area contributed by atoms with Crippen LogP contribution in [-0.4, -0.2) is 23.0 Å². The normalized spacial score (nSPS) is 16.7. The fourth-order valence-corrected chi connectivity index (χ4v) is 4.15. The van der Waals surface area contributed by atoms with E-state index < -0.39 is 10.8 Å². The lowest BCUT2D eigenvalue weighted by molar-refractivity contribution is -0.121. The van der Waals surface area contributed by atoms with Gasteiger partial charge in [0.2, 0.25) is 5.91 Å². The van der Waals surface area contributed by atoms with Gasteiger partial charge in [0.1, 0.15) is 11.5 Å². The van der Waals surface area contributed by atoms with Gasteiger partial charge >= 0.3 is 0 Å². The van der Waals surface area contributed by atoms with E-state index in [0.717, 1.165) is 24.8 Å². The summed E-state index contributed by atoms with van der Waals surface area (Å²) in [5.74, 6) is 0.294. The molecule has 2 aromatic rings. The van der Waals surface area contributed by atoms with Gasteiger partial charge in [-0.25, -0.2) is 0 Å². The summed E-state index contributed by atoms with van der Waals surface area (Å²) in [6.07, 6.45) is 2.93. The van der Waals surface area contributed by atoms with E-state index in [9.17, 15) is 9.00 Å². The number of carbonyl (C=O) groups is 1. The summed E-state index contributed by atoms with van der Waals surface area (Å²) in [4.78, 5) is 13.0. The van der Waals surface area contributed by atoms with Crippen molar-refractivity contribution in [2.75, 3.05) is 12.9 Å². The fourth-order valence-electron chi connectivity index (χ4n) is 3.08. The molecule has 3 rings (SSSR count). The number of benzene rings is 2. The van der Waals surface area contributed by atoms with E-state index in [1.807, 2.05) is 36.4 Å². The average molecular weight is 343 g/mol.